The summed E-state index contributed by atoms with van der Waals surface area (Å²) >= 11 is 4.37. The fourth-order valence-corrected chi connectivity index (χ4v) is 10.4. The SMILES string of the molecule is O=S(=O)(NC12CC3CC(CC(C3)C1)C2)c1ccc(NS(=O)(=O)c2ccc(Br)s2)cc1. The van der Waals surface area contributed by atoms with Crippen molar-refractivity contribution in [2.75, 3.05) is 4.72 Å². The molecule has 0 unspecified atom stereocenters. The minimum Gasteiger partial charge on any atom is -0.279 e. The highest BCUT2D eigenvalue weighted by Crippen LogP contribution is 2.56. The first kappa shape index (κ1) is 20.9. The van der Waals surface area contributed by atoms with Gasteiger partial charge in [-0.25, -0.2) is 21.6 Å². The molecular weight excluding hydrogens is 508 g/mol. The quantitative estimate of drug-likeness (QED) is 0.572. The molecule has 6 rings (SSSR count). The van der Waals surface area contributed by atoms with E-state index < -0.39 is 20.0 Å². The number of hydrogen-bond acceptors (Lipinski definition) is 5. The van der Waals surface area contributed by atoms with Crippen molar-refractivity contribution in [3.63, 3.8) is 0 Å². The molecule has 1 aromatic heterocycles. The monoisotopic (exact) mass is 530 g/mol. The first-order valence-electron chi connectivity index (χ1n) is 10.0. The molecular formula is C20H23BrN2O4S3. The number of thiophene rings is 1. The van der Waals surface area contributed by atoms with Gasteiger partial charge in [0, 0.05) is 11.2 Å². The van der Waals surface area contributed by atoms with Crippen LogP contribution >= 0.6 is 27.3 Å². The minimum absolute atomic E-state index is 0.167. The summed E-state index contributed by atoms with van der Waals surface area (Å²) in [6.45, 7) is 0. The fraction of sp³-hybridized carbons (Fsp3) is 0.500. The van der Waals surface area contributed by atoms with Crippen molar-refractivity contribution in [3.8, 4) is 0 Å². The van der Waals surface area contributed by atoms with Gasteiger partial charge in [-0.1, -0.05) is 0 Å². The average Bonchev–Trinajstić information content (AvgIpc) is 3.07. The van der Waals surface area contributed by atoms with Crippen molar-refractivity contribution in [3.05, 3.63) is 40.2 Å². The Labute approximate surface area is 189 Å². The Balaban J connectivity index is 1.32. The second kappa shape index (κ2) is 7.30. The molecule has 162 valence electrons. The molecule has 1 aromatic carbocycles. The number of rotatable bonds is 6. The molecule has 10 heteroatoms. The van der Waals surface area contributed by atoms with Gasteiger partial charge in [0.25, 0.3) is 10.0 Å². The molecule has 2 N–H and O–H groups in total. The van der Waals surface area contributed by atoms with Crippen LogP contribution in [0.1, 0.15) is 38.5 Å². The maximum atomic E-state index is 13.1. The highest BCUT2D eigenvalue weighted by atomic mass is 79.9. The number of nitrogens with one attached hydrogen (secondary N) is 2. The largest absolute Gasteiger partial charge is 0.279 e. The first-order chi connectivity index (χ1) is 14.1. The highest BCUT2D eigenvalue weighted by Gasteiger charge is 2.52. The normalized spacial score (nSPS) is 30.5. The van der Waals surface area contributed by atoms with Gasteiger partial charge in [0.2, 0.25) is 10.0 Å². The van der Waals surface area contributed by atoms with Gasteiger partial charge in [-0.05, 0) is 109 Å². The third-order valence-corrected chi connectivity index (χ3v) is 11.7. The van der Waals surface area contributed by atoms with Crippen molar-refractivity contribution in [2.45, 2.75) is 53.2 Å². The molecule has 4 saturated carbocycles. The maximum Gasteiger partial charge on any atom is 0.271 e. The number of sulfonamides is 2. The Hall–Kier alpha value is -0.940. The number of hydrogen-bond donors (Lipinski definition) is 2. The lowest BCUT2D eigenvalue weighted by atomic mass is 9.53. The molecule has 0 radical (unpaired) electrons. The second-order valence-electron chi connectivity index (χ2n) is 8.99. The van der Waals surface area contributed by atoms with E-state index in [2.05, 4.69) is 25.4 Å². The molecule has 1 heterocycles. The van der Waals surface area contributed by atoms with Gasteiger partial charge in [0.15, 0.2) is 0 Å². The predicted octanol–water partition coefficient (Wildman–Crippen LogP) is 4.56. The summed E-state index contributed by atoms with van der Waals surface area (Å²) in [5, 5.41) is 0. The zero-order valence-electron chi connectivity index (χ0n) is 16.2. The molecule has 0 spiro atoms. The van der Waals surface area contributed by atoms with Gasteiger partial charge in [-0.2, -0.15) is 0 Å². The Bertz CT molecular complexity index is 1140. The Morgan fingerprint density at radius 2 is 1.40 bits per heavy atom. The molecule has 4 aliphatic rings. The Morgan fingerprint density at radius 3 is 1.90 bits per heavy atom. The lowest BCUT2D eigenvalue weighted by Crippen LogP contribution is -2.59. The van der Waals surface area contributed by atoms with Crippen LogP contribution in [0, 0.1) is 17.8 Å². The zero-order chi connectivity index (χ0) is 21.1. The molecule has 6 nitrogen and oxygen atoms in total. The van der Waals surface area contributed by atoms with E-state index in [9.17, 15) is 16.8 Å². The number of benzene rings is 1. The summed E-state index contributed by atoms with van der Waals surface area (Å²) in [4.78, 5) is 0.167. The van der Waals surface area contributed by atoms with Crippen LogP contribution in [0.2, 0.25) is 0 Å². The molecule has 4 fully saturated rings. The summed E-state index contributed by atoms with van der Waals surface area (Å²) in [6, 6.07) is 9.11. The molecule has 2 aromatic rings. The Kier molecular flexibility index (Phi) is 5.09. The summed E-state index contributed by atoms with van der Waals surface area (Å²) in [6.07, 6.45) is 6.55. The van der Waals surface area contributed by atoms with E-state index in [0.717, 1.165) is 34.4 Å². The van der Waals surface area contributed by atoms with Crippen LogP contribution in [-0.2, 0) is 20.0 Å². The van der Waals surface area contributed by atoms with Gasteiger partial charge in [0.1, 0.15) is 4.21 Å². The summed E-state index contributed by atoms with van der Waals surface area (Å²) in [5.74, 6) is 1.94. The van der Waals surface area contributed by atoms with Crippen molar-refractivity contribution >= 4 is 53.0 Å². The molecule has 4 bridgehead atoms. The molecule has 0 saturated heterocycles. The third-order valence-electron chi connectivity index (χ3n) is 6.62. The van der Waals surface area contributed by atoms with Crippen LogP contribution in [-0.4, -0.2) is 22.4 Å². The van der Waals surface area contributed by atoms with Crippen LogP contribution in [0.4, 0.5) is 5.69 Å². The second-order valence-corrected chi connectivity index (χ2v) is 15.0. The van der Waals surface area contributed by atoms with Crippen LogP contribution in [0.5, 0.6) is 0 Å². The minimum atomic E-state index is -3.70. The van der Waals surface area contributed by atoms with E-state index in [1.54, 1.807) is 6.07 Å². The van der Waals surface area contributed by atoms with Gasteiger partial charge in [0.05, 0.1) is 8.68 Å². The third kappa shape index (κ3) is 3.97. The topological polar surface area (TPSA) is 92.3 Å². The summed E-state index contributed by atoms with van der Waals surface area (Å²) in [7, 11) is -7.37. The number of anilines is 1. The van der Waals surface area contributed by atoms with E-state index in [0.29, 0.717) is 23.4 Å². The van der Waals surface area contributed by atoms with Crippen molar-refractivity contribution in [2.24, 2.45) is 17.8 Å². The average molecular weight is 532 g/mol. The van der Waals surface area contributed by atoms with Gasteiger partial charge in [-0.15, -0.1) is 11.3 Å². The molecule has 0 atom stereocenters. The van der Waals surface area contributed by atoms with Crippen LogP contribution in [0.25, 0.3) is 0 Å². The molecule has 0 amide bonds. The van der Waals surface area contributed by atoms with Crippen molar-refractivity contribution < 1.29 is 16.8 Å². The lowest BCUT2D eigenvalue weighted by Gasteiger charge is -2.56. The molecule has 4 aliphatic carbocycles. The fourth-order valence-electron chi connectivity index (χ4n) is 5.93. The van der Waals surface area contributed by atoms with E-state index in [1.807, 2.05) is 0 Å². The standard InChI is InChI=1S/C20H23BrN2O4S3/c21-18-5-6-19(28-18)30(26,27)22-16-1-3-17(4-2-16)29(24,25)23-20-10-13-7-14(11-20)9-15(8-13)12-20/h1-6,13-15,22-23H,7-12H2. The van der Waals surface area contributed by atoms with E-state index in [-0.39, 0.29) is 14.6 Å². The smallest absolute Gasteiger partial charge is 0.271 e. The van der Waals surface area contributed by atoms with Crippen LogP contribution < -0.4 is 9.44 Å². The van der Waals surface area contributed by atoms with Gasteiger partial charge < -0.3 is 0 Å². The van der Waals surface area contributed by atoms with E-state index in [4.69, 9.17) is 0 Å². The van der Waals surface area contributed by atoms with Gasteiger partial charge >= 0.3 is 0 Å². The Morgan fingerprint density at radius 1 is 0.833 bits per heavy atom. The van der Waals surface area contributed by atoms with Gasteiger partial charge in [-0.3, -0.25) is 4.72 Å². The molecule has 0 aliphatic heterocycles. The summed E-state index contributed by atoms with van der Waals surface area (Å²) < 4.78 is 57.5. The molecule has 30 heavy (non-hydrogen) atoms. The van der Waals surface area contributed by atoms with Crippen LogP contribution in [0.15, 0.2) is 49.3 Å². The van der Waals surface area contributed by atoms with Crippen LogP contribution in [0.3, 0.4) is 0 Å². The zero-order valence-corrected chi connectivity index (χ0v) is 20.2. The first-order valence-corrected chi connectivity index (χ1v) is 14.6. The maximum absolute atomic E-state index is 13.1. The van der Waals surface area contributed by atoms with E-state index >= 15 is 0 Å². The van der Waals surface area contributed by atoms with Crippen molar-refractivity contribution in [1.29, 1.82) is 0 Å². The van der Waals surface area contributed by atoms with Crippen molar-refractivity contribution in [1.82, 2.24) is 4.72 Å². The lowest BCUT2D eigenvalue weighted by molar-refractivity contribution is -0.00810. The number of halogens is 1. The highest BCUT2D eigenvalue weighted by molar-refractivity contribution is 9.11. The summed E-state index contributed by atoms with van der Waals surface area (Å²) in [5.41, 5.74) is 0.0220. The van der Waals surface area contributed by atoms with E-state index in [1.165, 1.54) is 49.6 Å². The predicted molar refractivity (Wildman–Crippen MR) is 120 cm³/mol.